The van der Waals surface area contributed by atoms with E-state index < -0.39 is 17.4 Å². The van der Waals surface area contributed by atoms with Gasteiger partial charge < -0.3 is 10.0 Å². The summed E-state index contributed by atoms with van der Waals surface area (Å²) in [5.41, 5.74) is -0.339. The molecule has 8 nitrogen and oxygen atoms in total. The number of hydrogen-bond donors (Lipinski definition) is 1. The van der Waals surface area contributed by atoms with Crippen LogP contribution in [0.15, 0.2) is 24.3 Å². The first-order valence-electron chi connectivity index (χ1n) is 8.81. The minimum absolute atomic E-state index is 0.127. The van der Waals surface area contributed by atoms with Crippen LogP contribution in [0.25, 0.3) is 0 Å². The summed E-state index contributed by atoms with van der Waals surface area (Å²) in [5.74, 6) is -1.10. The molecule has 2 heterocycles. The Balaban J connectivity index is 1.89. The molecule has 0 bridgehead atoms. The van der Waals surface area contributed by atoms with Crippen LogP contribution in [0.2, 0.25) is 0 Å². The lowest BCUT2D eigenvalue weighted by molar-refractivity contribution is -0.154. The molecule has 1 fully saturated rings. The summed E-state index contributed by atoms with van der Waals surface area (Å²) in [6, 6.07) is 5.27. The van der Waals surface area contributed by atoms with Gasteiger partial charge in [0.1, 0.15) is 17.7 Å². The van der Waals surface area contributed by atoms with E-state index in [9.17, 15) is 19.1 Å². The van der Waals surface area contributed by atoms with Gasteiger partial charge in [-0.1, -0.05) is 12.1 Å². The van der Waals surface area contributed by atoms with Gasteiger partial charge >= 0.3 is 5.97 Å². The van der Waals surface area contributed by atoms with E-state index in [2.05, 4.69) is 15.5 Å². The third kappa shape index (κ3) is 3.96. The third-order valence-electron chi connectivity index (χ3n) is 5.08. The first kappa shape index (κ1) is 18.9. The zero-order chi connectivity index (χ0) is 19.6. The van der Waals surface area contributed by atoms with Gasteiger partial charge in [-0.05, 0) is 54.8 Å². The van der Waals surface area contributed by atoms with Crippen molar-refractivity contribution in [1.82, 2.24) is 25.1 Å². The number of benzene rings is 1. The van der Waals surface area contributed by atoms with Crippen LogP contribution < -0.4 is 0 Å². The average Bonchev–Trinajstić information content (AvgIpc) is 3.05. The van der Waals surface area contributed by atoms with E-state index in [1.807, 2.05) is 0 Å². The fraction of sp³-hybridized carbons (Fsp3) is 0.500. The predicted octanol–water partition coefficient (Wildman–Crippen LogP) is 1.62. The fourth-order valence-corrected chi connectivity index (χ4v) is 3.50. The van der Waals surface area contributed by atoms with Crippen molar-refractivity contribution in [2.75, 3.05) is 13.1 Å². The van der Waals surface area contributed by atoms with Gasteiger partial charge in [0.2, 0.25) is 5.91 Å². The van der Waals surface area contributed by atoms with Gasteiger partial charge in [0.15, 0.2) is 0 Å². The number of carbonyl (C=O) groups excluding carboxylic acids is 1. The van der Waals surface area contributed by atoms with Crippen LogP contribution in [0.5, 0.6) is 0 Å². The molecule has 2 unspecified atom stereocenters. The van der Waals surface area contributed by atoms with Crippen molar-refractivity contribution in [2.24, 2.45) is 5.41 Å². The Morgan fingerprint density at radius 2 is 2.19 bits per heavy atom. The van der Waals surface area contributed by atoms with E-state index in [1.165, 1.54) is 16.8 Å². The highest BCUT2D eigenvalue weighted by molar-refractivity contribution is 5.82. The summed E-state index contributed by atoms with van der Waals surface area (Å²) >= 11 is 0. The van der Waals surface area contributed by atoms with Gasteiger partial charge in [-0.15, -0.1) is 5.10 Å². The van der Waals surface area contributed by atoms with Crippen LogP contribution in [-0.4, -0.2) is 55.2 Å². The maximum absolute atomic E-state index is 13.6. The molecule has 1 aromatic heterocycles. The normalized spacial score (nSPS) is 21.1. The molecule has 0 radical (unpaired) electrons. The number of carboxylic acid groups (broad SMARTS) is 1. The van der Waals surface area contributed by atoms with Crippen molar-refractivity contribution in [3.05, 3.63) is 41.5 Å². The molecule has 1 saturated heterocycles. The average molecular weight is 375 g/mol. The molecule has 3 rings (SSSR count). The third-order valence-corrected chi connectivity index (χ3v) is 5.08. The summed E-state index contributed by atoms with van der Waals surface area (Å²) in [6.45, 7) is 3.94. The number of tetrazole rings is 1. The molecule has 27 heavy (non-hydrogen) atoms. The number of carbonyl (C=O) groups is 2. The van der Waals surface area contributed by atoms with Crippen LogP contribution in [0.3, 0.4) is 0 Å². The zero-order valence-electron chi connectivity index (χ0n) is 15.3. The quantitative estimate of drug-likeness (QED) is 0.852. The van der Waals surface area contributed by atoms with Gasteiger partial charge in [-0.2, -0.15) is 0 Å². The minimum Gasteiger partial charge on any atom is -0.481 e. The molecule has 1 aromatic carbocycles. The Labute approximate surface area is 156 Å². The topological polar surface area (TPSA) is 101 Å². The first-order chi connectivity index (χ1) is 12.8. The van der Waals surface area contributed by atoms with Crippen molar-refractivity contribution in [2.45, 2.75) is 39.2 Å². The number of carboxylic acids is 1. The molecule has 1 N–H and O–H groups in total. The number of nitrogens with zero attached hydrogens (tertiary/aromatic N) is 5. The first-order valence-corrected chi connectivity index (χ1v) is 8.81. The minimum atomic E-state index is -0.979. The fourth-order valence-electron chi connectivity index (χ4n) is 3.50. The SMILES string of the molecule is Cc1nnnn1C(Cc1cccc(F)c1)C(=O)N1CCCC(C)(C(=O)O)C1. The van der Waals surface area contributed by atoms with E-state index in [-0.39, 0.29) is 24.7 Å². The number of amides is 1. The Morgan fingerprint density at radius 3 is 2.81 bits per heavy atom. The monoisotopic (exact) mass is 375 g/mol. The number of rotatable bonds is 5. The molecule has 0 aliphatic carbocycles. The Hall–Kier alpha value is -2.84. The highest BCUT2D eigenvalue weighted by Crippen LogP contribution is 2.31. The van der Waals surface area contributed by atoms with E-state index in [0.717, 1.165) is 0 Å². The number of aryl methyl sites for hydroxylation is 1. The second-order valence-corrected chi connectivity index (χ2v) is 7.25. The summed E-state index contributed by atoms with van der Waals surface area (Å²) in [6.07, 6.45) is 1.34. The molecule has 2 aromatic rings. The standard InChI is InChI=1S/C18H22FN5O3/c1-12-20-21-22-24(12)15(10-13-5-3-6-14(19)9-13)16(25)23-8-4-7-18(2,11-23)17(26)27/h3,5-6,9,15H,4,7-8,10-11H2,1-2H3,(H,26,27). The molecule has 0 saturated carbocycles. The molecular formula is C18H22FN5O3. The molecule has 9 heteroatoms. The molecule has 0 spiro atoms. The molecule has 144 valence electrons. The Morgan fingerprint density at radius 1 is 1.41 bits per heavy atom. The Kier molecular flexibility index (Phi) is 5.20. The smallest absolute Gasteiger partial charge is 0.311 e. The van der Waals surface area contributed by atoms with Crippen molar-refractivity contribution < 1.29 is 19.1 Å². The van der Waals surface area contributed by atoms with Crippen LogP contribution in [0.4, 0.5) is 4.39 Å². The molecule has 1 aliphatic rings. The largest absolute Gasteiger partial charge is 0.481 e. The predicted molar refractivity (Wildman–Crippen MR) is 93.3 cm³/mol. The van der Waals surface area contributed by atoms with Crippen molar-refractivity contribution in [3.8, 4) is 0 Å². The van der Waals surface area contributed by atoms with Crippen LogP contribution in [0, 0.1) is 18.2 Å². The van der Waals surface area contributed by atoms with Crippen molar-refractivity contribution in [3.63, 3.8) is 0 Å². The maximum Gasteiger partial charge on any atom is 0.311 e. The number of aliphatic carboxylic acids is 1. The van der Waals surface area contributed by atoms with Gasteiger partial charge in [0, 0.05) is 19.5 Å². The Bertz CT molecular complexity index is 855. The number of halogens is 1. The summed E-state index contributed by atoms with van der Waals surface area (Å²) in [5, 5.41) is 20.9. The van der Waals surface area contributed by atoms with E-state index >= 15 is 0 Å². The number of likely N-dealkylation sites (tertiary alicyclic amines) is 1. The summed E-state index contributed by atoms with van der Waals surface area (Å²) in [4.78, 5) is 26.4. The molecular weight excluding hydrogens is 353 g/mol. The van der Waals surface area contributed by atoms with Crippen molar-refractivity contribution in [1.29, 1.82) is 0 Å². The van der Waals surface area contributed by atoms with Crippen LogP contribution >= 0.6 is 0 Å². The van der Waals surface area contributed by atoms with Gasteiger partial charge in [-0.3, -0.25) is 9.59 Å². The van der Waals surface area contributed by atoms with E-state index in [4.69, 9.17) is 0 Å². The molecule has 1 amide bonds. The highest BCUT2D eigenvalue weighted by Gasteiger charge is 2.41. The lowest BCUT2D eigenvalue weighted by Gasteiger charge is -2.39. The second-order valence-electron chi connectivity index (χ2n) is 7.25. The summed E-state index contributed by atoms with van der Waals surface area (Å²) < 4.78 is 15.0. The molecule has 2 atom stereocenters. The van der Waals surface area contributed by atoms with Gasteiger partial charge in [-0.25, -0.2) is 9.07 Å². The maximum atomic E-state index is 13.6. The lowest BCUT2D eigenvalue weighted by Crippen LogP contribution is -2.50. The zero-order valence-corrected chi connectivity index (χ0v) is 15.3. The second kappa shape index (κ2) is 7.42. The molecule has 1 aliphatic heterocycles. The van der Waals surface area contributed by atoms with E-state index in [1.54, 1.807) is 30.9 Å². The van der Waals surface area contributed by atoms with Gasteiger partial charge in [0.25, 0.3) is 0 Å². The van der Waals surface area contributed by atoms with Crippen molar-refractivity contribution >= 4 is 11.9 Å². The number of aromatic nitrogens is 4. The number of hydrogen-bond acceptors (Lipinski definition) is 5. The van der Waals surface area contributed by atoms with E-state index in [0.29, 0.717) is 30.8 Å². The van der Waals surface area contributed by atoms with Gasteiger partial charge in [0.05, 0.1) is 5.41 Å². The number of piperidine rings is 1. The lowest BCUT2D eigenvalue weighted by atomic mass is 9.81. The summed E-state index contributed by atoms with van der Waals surface area (Å²) in [7, 11) is 0. The van der Waals surface area contributed by atoms with Crippen LogP contribution in [-0.2, 0) is 16.0 Å². The highest BCUT2D eigenvalue weighted by atomic mass is 19.1. The van der Waals surface area contributed by atoms with Crippen LogP contribution in [0.1, 0.15) is 37.2 Å².